The average Bonchev–Trinajstić information content (AvgIpc) is 3.01. The number of nitrogens with one attached hydrogen (secondary N) is 1. The van der Waals surface area contributed by atoms with Gasteiger partial charge in [-0.05, 0) is 99.4 Å². The number of halogens is 2. The van der Waals surface area contributed by atoms with Gasteiger partial charge in [0.15, 0.2) is 5.78 Å². The van der Waals surface area contributed by atoms with Crippen LogP contribution in [0.25, 0.3) is 0 Å². The summed E-state index contributed by atoms with van der Waals surface area (Å²) in [7, 11) is -3.78. The van der Waals surface area contributed by atoms with E-state index in [-0.39, 0.29) is 59.4 Å². The molecule has 2 saturated heterocycles. The van der Waals surface area contributed by atoms with Gasteiger partial charge in [0.25, 0.3) is 0 Å². The van der Waals surface area contributed by atoms with Gasteiger partial charge in [-0.25, -0.2) is 17.2 Å². The largest absolute Gasteiger partial charge is 0.376 e. The predicted octanol–water partition coefficient (Wildman–Crippen LogP) is 5.37. The van der Waals surface area contributed by atoms with Crippen molar-refractivity contribution in [3.8, 4) is 0 Å². The van der Waals surface area contributed by atoms with Crippen LogP contribution in [0.4, 0.5) is 8.78 Å². The zero-order chi connectivity index (χ0) is 33.0. The highest BCUT2D eigenvalue weighted by Crippen LogP contribution is 2.39. The maximum absolute atomic E-state index is 15.4. The summed E-state index contributed by atoms with van der Waals surface area (Å²) in [6.45, 7) is 6.83. The molecule has 3 aromatic rings. The second-order valence-corrected chi connectivity index (χ2v) is 14.8. The summed E-state index contributed by atoms with van der Waals surface area (Å²) in [6.07, 6.45) is 1.98. The fourth-order valence-electron chi connectivity index (χ4n) is 7.45. The SMILES string of the molecule is C[C@@H]1CC([C@H](c2ccc(F)cc2)[C@H](N)C(=O)Cc2cccc(F)c2CC[C@H]2CNC[C@@H](C)N2S(=O)(=O)c2ccccc2)C[C@H](C)O1. The summed E-state index contributed by atoms with van der Waals surface area (Å²) in [5.41, 5.74) is 8.49. The zero-order valence-electron chi connectivity index (χ0n) is 26.7. The Kier molecular flexibility index (Phi) is 11.1. The first-order chi connectivity index (χ1) is 22.0. The van der Waals surface area contributed by atoms with E-state index in [2.05, 4.69) is 5.32 Å². The summed E-state index contributed by atoms with van der Waals surface area (Å²) >= 11 is 0. The Bertz CT molecular complexity index is 1580. The third-order valence-corrected chi connectivity index (χ3v) is 11.6. The van der Waals surface area contributed by atoms with Gasteiger partial charge < -0.3 is 15.8 Å². The van der Waals surface area contributed by atoms with Gasteiger partial charge >= 0.3 is 0 Å². The number of nitrogens with zero attached hydrogens (tertiary/aromatic N) is 1. The highest BCUT2D eigenvalue weighted by Gasteiger charge is 2.39. The first kappa shape index (κ1) is 34.3. The topological polar surface area (TPSA) is 102 Å². The van der Waals surface area contributed by atoms with Crippen LogP contribution < -0.4 is 11.1 Å². The maximum atomic E-state index is 15.4. The van der Waals surface area contributed by atoms with Crippen molar-refractivity contribution in [2.45, 2.75) is 94.0 Å². The molecule has 7 atom stereocenters. The summed E-state index contributed by atoms with van der Waals surface area (Å²) in [4.78, 5) is 14.1. The minimum atomic E-state index is -3.78. The van der Waals surface area contributed by atoms with Crippen LogP contribution in [0.1, 0.15) is 62.6 Å². The second kappa shape index (κ2) is 14.8. The Hall–Kier alpha value is -3.02. The molecule has 46 heavy (non-hydrogen) atoms. The van der Waals surface area contributed by atoms with Crippen molar-refractivity contribution in [1.82, 2.24) is 9.62 Å². The number of benzene rings is 3. The first-order valence-electron chi connectivity index (χ1n) is 16.2. The molecule has 3 aromatic carbocycles. The van der Waals surface area contributed by atoms with E-state index in [4.69, 9.17) is 10.5 Å². The molecule has 0 bridgehead atoms. The number of carbonyl (C=O) groups is 1. The first-order valence-corrected chi connectivity index (χ1v) is 17.6. The van der Waals surface area contributed by atoms with Crippen LogP contribution in [0.3, 0.4) is 0 Å². The van der Waals surface area contributed by atoms with Crippen molar-refractivity contribution in [3.05, 3.63) is 101 Å². The molecule has 10 heteroatoms. The Balaban J connectivity index is 1.36. The predicted molar refractivity (Wildman–Crippen MR) is 175 cm³/mol. The number of ether oxygens (including phenoxy) is 1. The molecule has 2 aliphatic rings. The van der Waals surface area contributed by atoms with E-state index in [1.165, 1.54) is 18.2 Å². The number of ketones is 1. The summed E-state index contributed by atoms with van der Waals surface area (Å²) in [6, 6.07) is 17.6. The van der Waals surface area contributed by atoms with Crippen LogP contribution in [0.5, 0.6) is 0 Å². The molecular formula is C36H45F2N3O4S. The molecule has 1 unspecified atom stereocenters. The van der Waals surface area contributed by atoms with Crippen LogP contribution in [0, 0.1) is 17.6 Å². The highest BCUT2D eigenvalue weighted by molar-refractivity contribution is 7.89. The monoisotopic (exact) mass is 653 g/mol. The highest BCUT2D eigenvalue weighted by atomic mass is 32.2. The number of hydrogen-bond acceptors (Lipinski definition) is 6. The van der Waals surface area contributed by atoms with E-state index in [1.54, 1.807) is 58.9 Å². The normalized spacial score (nSPS) is 25.6. The lowest BCUT2D eigenvalue weighted by Crippen LogP contribution is -2.58. The summed E-state index contributed by atoms with van der Waals surface area (Å²) in [5, 5.41) is 3.32. The fraction of sp³-hybridized carbons (Fsp3) is 0.472. The van der Waals surface area contributed by atoms with Crippen LogP contribution in [0.15, 0.2) is 77.7 Å². The summed E-state index contributed by atoms with van der Waals surface area (Å²) < 4.78 is 64.1. The molecular weight excluding hydrogens is 608 g/mol. The molecule has 248 valence electrons. The van der Waals surface area contributed by atoms with Gasteiger partial charge in [-0.1, -0.05) is 42.5 Å². The lowest BCUT2D eigenvalue weighted by atomic mass is 9.73. The molecule has 3 N–H and O–H groups in total. The number of rotatable bonds is 11. The van der Waals surface area contributed by atoms with E-state index >= 15 is 4.39 Å². The molecule has 5 rings (SSSR count). The van der Waals surface area contributed by atoms with E-state index < -0.39 is 27.9 Å². The third kappa shape index (κ3) is 7.74. The maximum Gasteiger partial charge on any atom is 0.243 e. The van der Waals surface area contributed by atoms with E-state index in [1.807, 2.05) is 20.8 Å². The minimum Gasteiger partial charge on any atom is -0.376 e. The third-order valence-electron chi connectivity index (χ3n) is 9.50. The minimum absolute atomic E-state index is 0.00362. The van der Waals surface area contributed by atoms with Crippen LogP contribution in [-0.4, -0.2) is 61.9 Å². The lowest BCUT2D eigenvalue weighted by molar-refractivity contribution is -0.121. The van der Waals surface area contributed by atoms with Gasteiger partial charge in [-0.2, -0.15) is 4.31 Å². The van der Waals surface area contributed by atoms with Gasteiger partial charge in [-0.3, -0.25) is 4.79 Å². The van der Waals surface area contributed by atoms with Crippen LogP contribution >= 0.6 is 0 Å². The van der Waals surface area contributed by atoms with Gasteiger partial charge in [0.1, 0.15) is 11.6 Å². The van der Waals surface area contributed by atoms with Crippen molar-refractivity contribution < 1.29 is 26.7 Å². The molecule has 0 aliphatic carbocycles. The smallest absolute Gasteiger partial charge is 0.243 e. The molecule has 2 aliphatic heterocycles. The number of sulfonamides is 1. The lowest BCUT2D eigenvalue weighted by Gasteiger charge is -2.40. The Morgan fingerprint density at radius 2 is 1.63 bits per heavy atom. The van der Waals surface area contributed by atoms with Gasteiger partial charge in [0.2, 0.25) is 10.0 Å². The van der Waals surface area contributed by atoms with E-state index in [0.717, 1.165) is 18.4 Å². The number of carbonyl (C=O) groups excluding carboxylic acids is 1. The second-order valence-electron chi connectivity index (χ2n) is 13.0. The number of nitrogens with two attached hydrogens (primary N) is 1. The molecule has 2 heterocycles. The van der Waals surface area contributed by atoms with Crippen molar-refractivity contribution in [3.63, 3.8) is 0 Å². The number of Topliss-reactive ketones (excluding diaryl/α,β-unsaturated/α-hetero) is 1. The van der Waals surface area contributed by atoms with E-state index in [0.29, 0.717) is 30.6 Å². The Labute approximate surface area is 271 Å². The van der Waals surface area contributed by atoms with E-state index in [9.17, 15) is 17.6 Å². The van der Waals surface area contributed by atoms with Gasteiger partial charge in [-0.15, -0.1) is 0 Å². The molecule has 2 fully saturated rings. The molecule has 0 amide bonds. The number of hydrogen-bond donors (Lipinski definition) is 2. The zero-order valence-corrected chi connectivity index (χ0v) is 27.6. The molecule has 0 radical (unpaired) electrons. The van der Waals surface area contributed by atoms with Crippen LogP contribution in [0.2, 0.25) is 0 Å². The summed E-state index contributed by atoms with van der Waals surface area (Å²) in [5.74, 6) is -1.33. The van der Waals surface area contributed by atoms with Gasteiger partial charge in [0.05, 0.1) is 23.1 Å². The van der Waals surface area contributed by atoms with Crippen molar-refractivity contribution in [2.75, 3.05) is 13.1 Å². The molecule has 0 spiro atoms. The quantitative estimate of drug-likeness (QED) is 0.289. The van der Waals surface area contributed by atoms with Crippen molar-refractivity contribution in [2.24, 2.45) is 11.7 Å². The average molecular weight is 654 g/mol. The molecule has 0 saturated carbocycles. The van der Waals surface area contributed by atoms with Crippen molar-refractivity contribution in [1.29, 1.82) is 0 Å². The Morgan fingerprint density at radius 3 is 2.30 bits per heavy atom. The van der Waals surface area contributed by atoms with Crippen LogP contribution in [-0.2, 0) is 32.4 Å². The van der Waals surface area contributed by atoms with Gasteiger partial charge in [0, 0.05) is 37.5 Å². The molecule has 7 nitrogen and oxygen atoms in total. The van der Waals surface area contributed by atoms with Crippen molar-refractivity contribution >= 4 is 15.8 Å². The standard InChI is InChI=1S/C36H45F2N3O4S/c1-23-21-40-22-30(41(23)46(43,44)31-9-5-4-6-10-31)16-17-32-27(8-7-11-33(32)38)20-34(42)36(39)35(26-12-14-29(37)15-13-26)28-18-24(2)45-25(3)19-28/h4-15,23-25,28,30,35-36,40H,16-22,39H2,1-3H3/t23-,24-,25+,28?,30+,35+,36-/m1/s1. The fourth-order valence-corrected chi connectivity index (χ4v) is 9.31. The number of piperazine rings is 1. The Morgan fingerprint density at radius 1 is 0.957 bits per heavy atom. The molecule has 0 aromatic heterocycles.